The Balaban J connectivity index is 3.16. The zero-order valence-electron chi connectivity index (χ0n) is 6.81. The van der Waals surface area contributed by atoms with E-state index in [1.165, 1.54) is 12.8 Å². The molecule has 1 radical (unpaired) electrons. The molecule has 0 aliphatic carbocycles. The van der Waals surface area contributed by atoms with Gasteiger partial charge in [-0.15, -0.1) is 6.58 Å². The summed E-state index contributed by atoms with van der Waals surface area (Å²) >= 11 is 1.92. The molecule has 0 saturated heterocycles. The molecule has 0 aromatic carbocycles. The van der Waals surface area contributed by atoms with Crippen LogP contribution in [0.15, 0.2) is 12.7 Å². The fourth-order valence-corrected chi connectivity index (χ4v) is 1.51. The van der Waals surface area contributed by atoms with Crippen LogP contribution in [0.4, 0.5) is 0 Å². The lowest BCUT2D eigenvalue weighted by molar-refractivity contribution is 0.711. The highest BCUT2D eigenvalue weighted by molar-refractivity contribution is 7.99. The van der Waals surface area contributed by atoms with Gasteiger partial charge in [0.25, 0.3) is 0 Å². The zero-order chi connectivity index (χ0) is 7.82. The summed E-state index contributed by atoms with van der Waals surface area (Å²) in [5, 5.41) is 0.764. The smallest absolute Gasteiger partial charge is 0.00443 e. The third-order valence-electron chi connectivity index (χ3n) is 1.59. The molecule has 0 fully saturated rings. The molecular weight excluding hydrogens is 140 g/mol. The van der Waals surface area contributed by atoms with Gasteiger partial charge in [0.15, 0.2) is 0 Å². The van der Waals surface area contributed by atoms with Crippen molar-refractivity contribution in [2.75, 3.05) is 6.26 Å². The number of thioether (sulfide) groups is 1. The van der Waals surface area contributed by atoms with Crippen molar-refractivity contribution in [1.82, 2.24) is 0 Å². The molecule has 0 N–H and O–H groups in total. The quantitative estimate of drug-likeness (QED) is 0.421. The van der Waals surface area contributed by atoms with Gasteiger partial charge in [-0.1, -0.05) is 13.0 Å². The molecule has 0 rings (SSSR count). The van der Waals surface area contributed by atoms with E-state index in [9.17, 15) is 0 Å². The molecule has 0 heterocycles. The van der Waals surface area contributed by atoms with Gasteiger partial charge in [0.1, 0.15) is 0 Å². The van der Waals surface area contributed by atoms with Crippen LogP contribution in [0, 0.1) is 6.92 Å². The normalized spacial score (nSPS) is 13.0. The molecule has 1 atom stereocenters. The Kier molecular flexibility index (Phi) is 7.26. The van der Waals surface area contributed by atoms with Crippen LogP contribution in [0.1, 0.15) is 25.7 Å². The van der Waals surface area contributed by atoms with E-state index >= 15 is 0 Å². The number of unbranched alkanes of at least 4 members (excludes halogenated alkanes) is 1. The fourth-order valence-electron chi connectivity index (χ4n) is 0.870. The van der Waals surface area contributed by atoms with E-state index in [1.807, 2.05) is 17.8 Å². The Hall–Kier alpha value is 0.0900. The minimum absolute atomic E-state index is 0.764. The van der Waals surface area contributed by atoms with Crippen molar-refractivity contribution < 1.29 is 0 Å². The zero-order valence-corrected chi connectivity index (χ0v) is 7.62. The van der Waals surface area contributed by atoms with Gasteiger partial charge < -0.3 is 0 Å². The SMILES string of the molecule is [CH2]CC(CCCC=C)SC. The van der Waals surface area contributed by atoms with Gasteiger partial charge in [-0.25, -0.2) is 0 Å². The molecule has 0 aromatic rings. The summed E-state index contributed by atoms with van der Waals surface area (Å²) in [4.78, 5) is 0. The predicted octanol–water partition coefficient (Wildman–Crippen LogP) is 3.30. The van der Waals surface area contributed by atoms with E-state index in [0.717, 1.165) is 18.1 Å². The van der Waals surface area contributed by atoms with Crippen molar-refractivity contribution in [2.24, 2.45) is 0 Å². The maximum absolute atomic E-state index is 3.89. The highest BCUT2D eigenvalue weighted by Crippen LogP contribution is 2.16. The summed E-state index contributed by atoms with van der Waals surface area (Å²) in [5.74, 6) is 0. The van der Waals surface area contributed by atoms with E-state index in [4.69, 9.17) is 0 Å². The number of hydrogen-bond donors (Lipinski definition) is 0. The van der Waals surface area contributed by atoms with E-state index in [1.54, 1.807) is 0 Å². The van der Waals surface area contributed by atoms with Crippen LogP contribution in [0.5, 0.6) is 0 Å². The average Bonchev–Trinajstić information content (AvgIpc) is 1.99. The van der Waals surface area contributed by atoms with Crippen LogP contribution in [0.25, 0.3) is 0 Å². The van der Waals surface area contributed by atoms with E-state index in [2.05, 4.69) is 19.8 Å². The van der Waals surface area contributed by atoms with Gasteiger partial charge in [-0.2, -0.15) is 11.8 Å². The fraction of sp³-hybridized carbons (Fsp3) is 0.667. The van der Waals surface area contributed by atoms with Gasteiger partial charge >= 0.3 is 0 Å². The lowest BCUT2D eigenvalue weighted by atomic mass is 10.1. The van der Waals surface area contributed by atoms with Crippen LogP contribution < -0.4 is 0 Å². The van der Waals surface area contributed by atoms with Crippen LogP contribution >= 0.6 is 11.8 Å². The molecule has 0 aromatic heterocycles. The first kappa shape index (κ1) is 10.1. The predicted molar refractivity (Wildman–Crippen MR) is 51.3 cm³/mol. The first-order valence-electron chi connectivity index (χ1n) is 3.78. The Morgan fingerprint density at radius 1 is 1.60 bits per heavy atom. The lowest BCUT2D eigenvalue weighted by Crippen LogP contribution is -1.98. The third kappa shape index (κ3) is 4.92. The van der Waals surface area contributed by atoms with Crippen LogP contribution in [0.2, 0.25) is 0 Å². The van der Waals surface area contributed by atoms with Crippen molar-refractivity contribution >= 4 is 11.8 Å². The van der Waals surface area contributed by atoms with E-state index in [-0.39, 0.29) is 0 Å². The molecular formula is C9H17S. The minimum atomic E-state index is 0.764. The van der Waals surface area contributed by atoms with Crippen molar-refractivity contribution in [3.8, 4) is 0 Å². The van der Waals surface area contributed by atoms with Gasteiger partial charge in [0.05, 0.1) is 0 Å². The average molecular weight is 157 g/mol. The van der Waals surface area contributed by atoms with Crippen molar-refractivity contribution in [3.05, 3.63) is 19.6 Å². The second-order valence-electron chi connectivity index (χ2n) is 2.37. The summed E-state index contributed by atoms with van der Waals surface area (Å²) in [6.45, 7) is 7.58. The number of allylic oxidation sites excluding steroid dienone is 1. The maximum atomic E-state index is 3.89. The molecule has 0 nitrogen and oxygen atoms in total. The summed E-state index contributed by atoms with van der Waals surface area (Å²) in [6, 6.07) is 0. The lowest BCUT2D eigenvalue weighted by Gasteiger charge is -2.09. The Labute approximate surface area is 69.1 Å². The molecule has 0 aliphatic heterocycles. The molecule has 59 valence electrons. The number of hydrogen-bond acceptors (Lipinski definition) is 1. The molecule has 1 unspecified atom stereocenters. The Morgan fingerprint density at radius 2 is 2.30 bits per heavy atom. The summed E-state index contributed by atoms with van der Waals surface area (Å²) in [5.41, 5.74) is 0. The molecule has 1 heteroatoms. The summed E-state index contributed by atoms with van der Waals surface area (Å²) in [6.07, 6.45) is 8.90. The standard InChI is InChI=1S/C9H17S/c1-4-6-7-8-9(5-2)10-3/h4,9H,1-2,5-8H2,3H3. The highest BCUT2D eigenvalue weighted by Gasteiger charge is 2.01. The Morgan fingerprint density at radius 3 is 2.70 bits per heavy atom. The van der Waals surface area contributed by atoms with Gasteiger partial charge in [-0.3, -0.25) is 0 Å². The molecule has 0 saturated carbocycles. The van der Waals surface area contributed by atoms with Crippen LogP contribution in [-0.2, 0) is 0 Å². The second kappa shape index (κ2) is 7.20. The third-order valence-corrected chi connectivity index (χ3v) is 2.73. The first-order valence-corrected chi connectivity index (χ1v) is 5.06. The molecule has 0 bridgehead atoms. The van der Waals surface area contributed by atoms with Crippen LogP contribution in [-0.4, -0.2) is 11.5 Å². The van der Waals surface area contributed by atoms with Crippen molar-refractivity contribution in [3.63, 3.8) is 0 Å². The monoisotopic (exact) mass is 157 g/mol. The molecule has 10 heavy (non-hydrogen) atoms. The second-order valence-corrected chi connectivity index (χ2v) is 3.50. The minimum Gasteiger partial charge on any atom is -0.162 e. The number of rotatable bonds is 6. The highest BCUT2D eigenvalue weighted by atomic mass is 32.2. The molecule has 0 amide bonds. The van der Waals surface area contributed by atoms with Gasteiger partial charge in [0.2, 0.25) is 0 Å². The van der Waals surface area contributed by atoms with Gasteiger partial charge in [0, 0.05) is 5.25 Å². The molecule has 0 aliphatic rings. The van der Waals surface area contributed by atoms with Crippen LogP contribution in [0.3, 0.4) is 0 Å². The largest absolute Gasteiger partial charge is 0.162 e. The van der Waals surface area contributed by atoms with E-state index < -0.39 is 0 Å². The van der Waals surface area contributed by atoms with Gasteiger partial charge in [-0.05, 0) is 31.9 Å². The van der Waals surface area contributed by atoms with Crippen molar-refractivity contribution in [1.29, 1.82) is 0 Å². The molecule has 0 spiro atoms. The first-order chi connectivity index (χ1) is 4.85. The van der Waals surface area contributed by atoms with Crippen molar-refractivity contribution in [2.45, 2.75) is 30.9 Å². The maximum Gasteiger partial charge on any atom is 0.00443 e. The van der Waals surface area contributed by atoms with E-state index in [0.29, 0.717) is 0 Å². The summed E-state index contributed by atoms with van der Waals surface area (Å²) < 4.78 is 0. The Bertz CT molecular complexity index is 74.8. The topological polar surface area (TPSA) is 0 Å². The summed E-state index contributed by atoms with van der Waals surface area (Å²) in [7, 11) is 0.